The Morgan fingerprint density at radius 2 is 1.95 bits per heavy atom. The molecule has 8 heteroatoms. The number of likely N-dealkylation sites (tertiary alicyclic amines) is 1. The molecule has 1 aliphatic rings. The Kier molecular flexibility index (Phi) is 5.40. The molecule has 4 N–H and O–H groups in total. The average Bonchev–Trinajstić information content (AvgIpc) is 2.24. The highest BCUT2D eigenvalue weighted by Gasteiger charge is 2.32. The molecule has 8 nitrogen and oxygen atoms in total. The molecule has 1 heterocycles. The van der Waals surface area contributed by atoms with E-state index in [4.69, 9.17) is 15.6 Å². The summed E-state index contributed by atoms with van der Waals surface area (Å²) >= 11 is 0. The molecule has 0 saturated carbocycles. The number of nitrogens with two attached hydrogens (primary N) is 1. The number of amides is 3. The molecule has 0 aromatic rings. The maximum Gasteiger partial charge on any atom is 0.407 e. The number of alkyl carbamates (subject to hydrolysis) is 1. The monoisotopic (exact) mass is 301 g/mol. The zero-order valence-electron chi connectivity index (χ0n) is 12.6. The van der Waals surface area contributed by atoms with Gasteiger partial charge in [-0.2, -0.15) is 0 Å². The zero-order chi connectivity index (χ0) is 16.2. The quantitative estimate of drug-likeness (QED) is 0.710. The summed E-state index contributed by atoms with van der Waals surface area (Å²) in [6.07, 6.45) is -0.195. The van der Waals surface area contributed by atoms with Crippen LogP contribution >= 0.6 is 0 Å². The van der Waals surface area contributed by atoms with Gasteiger partial charge in [-0.3, -0.25) is 4.79 Å². The predicted molar refractivity (Wildman–Crippen MR) is 74.7 cm³/mol. The second-order valence-corrected chi connectivity index (χ2v) is 6.29. The summed E-state index contributed by atoms with van der Waals surface area (Å²) in [6, 6.07) is -0.994. The summed E-state index contributed by atoms with van der Waals surface area (Å²) in [6.45, 7) is 5.78. The smallest absolute Gasteiger partial charge is 0.407 e. The molecule has 0 bridgehead atoms. The molecular formula is C13H23N3O5. The number of aliphatic carboxylic acids is 1. The summed E-state index contributed by atoms with van der Waals surface area (Å²) in [5, 5.41) is 11.5. The lowest BCUT2D eigenvalue weighted by Crippen LogP contribution is -2.54. The third-order valence-corrected chi connectivity index (χ3v) is 3.03. The van der Waals surface area contributed by atoms with Crippen molar-refractivity contribution in [1.82, 2.24) is 10.2 Å². The van der Waals surface area contributed by atoms with Gasteiger partial charge < -0.3 is 25.8 Å². The normalized spacial score (nSPS) is 22.5. The van der Waals surface area contributed by atoms with Crippen LogP contribution in [0.3, 0.4) is 0 Å². The molecule has 1 rings (SSSR count). The van der Waals surface area contributed by atoms with Crippen LogP contribution in [0.15, 0.2) is 0 Å². The molecule has 21 heavy (non-hydrogen) atoms. The fraction of sp³-hybridized carbons (Fsp3) is 0.769. The number of urea groups is 1. The van der Waals surface area contributed by atoms with Crippen molar-refractivity contribution in [2.24, 2.45) is 11.7 Å². The molecule has 120 valence electrons. The van der Waals surface area contributed by atoms with Gasteiger partial charge in [0.2, 0.25) is 0 Å². The second kappa shape index (κ2) is 6.64. The molecule has 2 unspecified atom stereocenters. The van der Waals surface area contributed by atoms with E-state index in [0.29, 0.717) is 6.42 Å². The fourth-order valence-corrected chi connectivity index (χ4v) is 2.36. The Balaban J connectivity index is 2.65. The molecule has 1 aliphatic heterocycles. The van der Waals surface area contributed by atoms with Gasteiger partial charge in [0.1, 0.15) is 5.60 Å². The maximum absolute atomic E-state index is 11.7. The van der Waals surface area contributed by atoms with Crippen molar-refractivity contribution in [3.63, 3.8) is 0 Å². The van der Waals surface area contributed by atoms with Crippen LogP contribution in [0.1, 0.15) is 33.6 Å². The molecule has 0 spiro atoms. The number of carbonyl (C=O) groups excluding carboxylic acids is 2. The number of piperidine rings is 1. The number of primary amides is 1. The lowest BCUT2D eigenvalue weighted by molar-refractivity contribution is -0.138. The van der Waals surface area contributed by atoms with Crippen molar-refractivity contribution in [2.45, 2.75) is 45.3 Å². The number of ether oxygens (including phenoxy) is 1. The van der Waals surface area contributed by atoms with Gasteiger partial charge >= 0.3 is 18.1 Å². The number of carbonyl (C=O) groups is 3. The van der Waals surface area contributed by atoms with E-state index in [1.165, 1.54) is 4.90 Å². The van der Waals surface area contributed by atoms with E-state index >= 15 is 0 Å². The number of hydrogen-bond acceptors (Lipinski definition) is 4. The summed E-state index contributed by atoms with van der Waals surface area (Å²) in [7, 11) is 0. The number of carboxylic acid groups (broad SMARTS) is 1. The average molecular weight is 301 g/mol. The molecular weight excluding hydrogens is 278 g/mol. The van der Waals surface area contributed by atoms with Crippen LogP contribution in [0.25, 0.3) is 0 Å². The molecule has 3 amide bonds. The highest BCUT2D eigenvalue weighted by atomic mass is 16.6. The van der Waals surface area contributed by atoms with Crippen molar-refractivity contribution in [1.29, 1.82) is 0 Å². The predicted octanol–water partition coefficient (Wildman–Crippen LogP) is 0.755. The van der Waals surface area contributed by atoms with E-state index in [1.807, 2.05) is 0 Å². The maximum atomic E-state index is 11.7. The van der Waals surface area contributed by atoms with Gasteiger partial charge in [0.15, 0.2) is 0 Å². The van der Waals surface area contributed by atoms with Crippen molar-refractivity contribution in [2.75, 3.05) is 13.1 Å². The fourth-order valence-electron chi connectivity index (χ4n) is 2.36. The summed E-state index contributed by atoms with van der Waals surface area (Å²) in [4.78, 5) is 35.2. The van der Waals surface area contributed by atoms with Crippen LogP contribution in [-0.4, -0.2) is 52.8 Å². The van der Waals surface area contributed by atoms with Crippen LogP contribution in [0, 0.1) is 5.92 Å². The lowest BCUT2D eigenvalue weighted by Gasteiger charge is -2.36. The second-order valence-electron chi connectivity index (χ2n) is 6.29. The molecule has 0 aromatic heterocycles. The Morgan fingerprint density at radius 3 is 2.43 bits per heavy atom. The number of rotatable bonds is 3. The number of nitrogens with one attached hydrogen (secondary N) is 1. The van der Waals surface area contributed by atoms with E-state index in [1.54, 1.807) is 20.8 Å². The highest BCUT2D eigenvalue weighted by molar-refractivity contribution is 5.73. The van der Waals surface area contributed by atoms with Crippen LogP contribution < -0.4 is 11.1 Å². The van der Waals surface area contributed by atoms with Crippen molar-refractivity contribution < 1.29 is 24.2 Å². The van der Waals surface area contributed by atoms with E-state index < -0.39 is 23.7 Å². The van der Waals surface area contributed by atoms with Crippen LogP contribution in [-0.2, 0) is 9.53 Å². The lowest BCUT2D eigenvalue weighted by atomic mass is 9.91. The van der Waals surface area contributed by atoms with Gasteiger partial charge in [-0.1, -0.05) is 0 Å². The zero-order valence-corrected chi connectivity index (χ0v) is 12.6. The first kappa shape index (κ1) is 17.1. The molecule has 1 saturated heterocycles. The summed E-state index contributed by atoms with van der Waals surface area (Å²) in [5.74, 6) is -1.19. The molecule has 2 atom stereocenters. The van der Waals surface area contributed by atoms with Gasteiger partial charge in [0.25, 0.3) is 0 Å². The number of carboxylic acids is 1. The summed E-state index contributed by atoms with van der Waals surface area (Å²) < 4.78 is 5.15. The molecule has 0 aliphatic carbocycles. The minimum atomic E-state index is -0.942. The Labute approximate surface area is 123 Å². The van der Waals surface area contributed by atoms with Gasteiger partial charge in [0.05, 0.1) is 6.04 Å². The first-order chi connectivity index (χ1) is 9.56. The van der Waals surface area contributed by atoms with E-state index in [-0.39, 0.29) is 31.5 Å². The molecule has 1 fully saturated rings. The standard InChI is InChI=1S/C13H23N3O5/c1-13(2,3)21-12(20)15-9-4-8(5-10(17)18)6-16(7-9)11(14)19/h8-9H,4-7H2,1-3H3,(H2,14,19)(H,15,20)(H,17,18). The first-order valence-corrected chi connectivity index (χ1v) is 6.82. The van der Waals surface area contributed by atoms with Gasteiger partial charge in [0, 0.05) is 19.5 Å². The van der Waals surface area contributed by atoms with Gasteiger partial charge in [-0.15, -0.1) is 0 Å². The summed E-state index contributed by atoms with van der Waals surface area (Å²) in [5.41, 5.74) is 4.63. The van der Waals surface area contributed by atoms with E-state index in [9.17, 15) is 14.4 Å². The Hall–Kier alpha value is -1.99. The Bertz CT molecular complexity index is 419. The minimum Gasteiger partial charge on any atom is -0.481 e. The Morgan fingerprint density at radius 1 is 1.33 bits per heavy atom. The van der Waals surface area contributed by atoms with Crippen LogP contribution in [0.2, 0.25) is 0 Å². The SMILES string of the molecule is CC(C)(C)OC(=O)NC1CC(CC(=O)O)CN(C(N)=O)C1. The number of hydrogen-bond donors (Lipinski definition) is 3. The van der Waals surface area contributed by atoms with Gasteiger partial charge in [-0.25, -0.2) is 9.59 Å². The van der Waals surface area contributed by atoms with Crippen molar-refractivity contribution >= 4 is 18.1 Å². The third kappa shape index (κ3) is 6.33. The topological polar surface area (TPSA) is 122 Å². The first-order valence-electron chi connectivity index (χ1n) is 6.82. The molecule has 0 aromatic carbocycles. The number of nitrogens with zero attached hydrogens (tertiary/aromatic N) is 1. The third-order valence-electron chi connectivity index (χ3n) is 3.03. The minimum absolute atomic E-state index is 0.0731. The van der Waals surface area contributed by atoms with Crippen LogP contribution in [0.4, 0.5) is 9.59 Å². The van der Waals surface area contributed by atoms with Crippen molar-refractivity contribution in [3.05, 3.63) is 0 Å². The van der Waals surface area contributed by atoms with E-state index in [2.05, 4.69) is 5.32 Å². The molecule has 0 radical (unpaired) electrons. The van der Waals surface area contributed by atoms with Gasteiger partial charge in [-0.05, 0) is 33.1 Å². The largest absolute Gasteiger partial charge is 0.481 e. The van der Waals surface area contributed by atoms with Crippen molar-refractivity contribution in [3.8, 4) is 0 Å². The highest BCUT2D eigenvalue weighted by Crippen LogP contribution is 2.20. The van der Waals surface area contributed by atoms with Crippen LogP contribution in [0.5, 0.6) is 0 Å². The van der Waals surface area contributed by atoms with E-state index in [0.717, 1.165) is 0 Å².